The number of carbonyl (C=O) groups is 1. The summed E-state index contributed by atoms with van der Waals surface area (Å²) in [5.74, 6) is -0.870. The van der Waals surface area contributed by atoms with E-state index in [0.29, 0.717) is 6.42 Å². The van der Waals surface area contributed by atoms with E-state index < -0.39 is 11.5 Å². The summed E-state index contributed by atoms with van der Waals surface area (Å²) < 4.78 is 0.919. The van der Waals surface area contributed by atoms with Gasteiger partial charge in [-0.05, 0) is 37.1 Å². The molecule has 2 aromatic rings. The predicted octanol–water partition coefficient (Wildman–Crippen LogP) is 4.26. The molecule has 4 heteroatoms. The van der Waals surface area contributed by atoms with Crippen LogP contribution in [0.25, 0.3) is 0 Å². The number of hydrogen-bond donors (Lipinski definition) is 2. The monoisotopic (exact) mass is 347 g/mol. The Kier molecular flexibility index (Phi) is 4.68. The van der Waals surface area contributed by atoms with Crippen molar-refractivity contribution >= 4 is 27.6 Å². The van der Waals surface area contributed by atoms with Crippen LogP contribution in [0.15, 0.2) is 53.0 Å². The van der Waals surface area contributed by atoms with Crippen molar-refractivity contribution in [1.82, 2.24) is 0 Å². The summed E-state index contributed by atoms with van der Waals surface area (Å²) in [7, 11) is 0. The number of nitrogens with one attached hydrogen (secondary N) is 1. The third-order valence-corrected chi connectivity index (χ3v) is 3.98. The van der Waals surface area contributed by atoms with Gasteiger partial charge in [-0.1, -0.05) is 52.3 Å². The van der Waals surface area contributed by atoms with Crippen LogP contribution in [0, 0.1) is 6.92 Å². The van der Waals surface area contributed by atoms with Gasteiger partial charge in [0, 0.05) is 16.6 Å². The molecular formula is C17H18BrNO2. The number of hydrogen-bond acceptors (Lipinski definition) is 2. The topological polar surface area (TPSA) is 49.3 Å². The number of aliphatic carboxylic acids is 1. The Balaban J connectivity index is 2.30. The summed E-state index contributed by atoms with van der Waals surface area (Å²) >= 11 is 3.42. The molecule has 0 aliphatic heterocycles. The number of aryl methyl sites for hydroxylation is 1. The molecule has 0 heterocycles. The first-order chi connectivity index (χ1) is 9.90. The first kappa shape index (κ1) is 15.6. The van der Waals surface area contributed by atoms with Crippen LogP contribution < -0.4 is 5.32 Å². The average Bonchev–Trinajstić information content (AvgIpc) is 2.44. The third kappa shape index (κ3) is 3.85. The minimum Gasteiger partial charge on any atom is -0.480 e. The van der Waals surface area contributed by atoms with Crippen molar-refractivity contribution in [3.63, 3.8) is 0 Å². The van der Waals surface area contributed by atoms with E-state index in [1.807, 2.05) is 55.5 Å². The molecule has 1 atom stereocenters. The Morgan fingerprint density at radius 2 is 1.90 bits per heavy atom. The Morgan fingerprint density at radius 1 is 1.24 bits per heavy atom. The van der Waals surface area contributed by atoms with E-state index in [1.54, 1.807) is 6.92 Å². The lowest BCUT2D eigenvalue weighted by atomic mass is 9.92. The quantitative estimate of drug-likeness (QED) is 0.849. The zero-order valence-corrected chi connectivity index (χ0v) is 13.6. The van der Waals surface area contributed by atoms with Gasteiger partial charge in [-0.15, -0.1) is 0 Å². The van der Waals surface area contributed by atoms with Crippen molar-refractivity contribution in [2.24, 2.45) is 0 Å². The second-order valence-electron chi connectivity index (χ2n) is 5.38. The van der Waals surface area contributed by atoms with Crippen LogP contribution >= 0.6 is 15.9 Å². The highest BCUT2D eigenvalue weighted by Gasteiger charge is 2.33. The van der Waals surface area contributed by atoms with E-state index in [2.05, 4.69) is 21.2 Å². The van der Waals surface area contributed by atoms with Gasteiger partial charge in [-0.25, -0.2) is 4.79 Å². The molecule has 0 saturated heterocycles. The van der Waals surface area contributed by atoms with Gasteiger partial charge in [-0.2, -0.15) is 0 Å². The zero-order chi connectivity index (χ0) is 15.5. The van der Waals surface area contributed by atoms with Crippen molar-refractivity contribution in [3.05, 3.63) is 64.1 Å². The molecule has 2 aromatic carbocycles. The molecule has 0 spiro atoms. The van der Waals surface area contributed by atoms with Crippen LogP contribution in [-0.2, 0) is 11.2 Å². The van der Waals surface area contributed by atoms with Gasteiger partial charge < -0.3 is 10.4 Å². The first-order valence-electron chi connectivity index (χ1n) is 6.72. The van der Waals surface area contributed by atoms with Crippen molar-refractivity contribution < 1.29 is 9.90 Å². The fourth-order valence-electron chi connectivity index (χ4n) is 2.20. The molecule has 0 aliphatic carbocycles. The first-order valence-corrected chi connectivity index (χ1v) is 7.52. The van der Waals surface area contributed by atoms with Gasteiger partial charge >= 0.3 is 5.97 Å². The van der Waals surface area contributed by atoms with E-state index in [1.165, 1.54) is 0 Å². The van der Waals surface area contributed by atoms with Gasteiger partial charge in [0.1, 0.15) is 5.54 Å². The number of rotatable bonds is 5. The highest BCUT2D eigenvalue weighted by atomic mass is 79.9. The average molecular weight is 348 g/mol. The third-order valence-electron chi connectivity index (χ3n) is 3.48. The summed E-state index contributed by atoms with van der Waals surface area (Å²) in [6.45, 7) is 3.67. The lowest BCUT2D eigenvalue weighted by Gasteiger charge is -2.28. The number of anilines is 1. The molecule has 2 N–H and O–H groups in total. The van der Waals surface area contributed by atoms with E-state index in [4.69, 9.17) is 0 Å². The van der Waals surface area contributed by atoms with Gasteiger partial charge in [0.2, 0.25) is 0 Å². The zero-order valence-electron chi connectivity index (χ0n) is 12.1. The largest absolute Gasteiger partial charge is 0.480 e. The smallest absolute Gasteiger partial charge is 0.329 e. The Bertz CT molecular complexity index is 642. The van der Waals surface area contributed by atoms with Crippen LogP contribution in [0.2, 0.25) is 0 Å². The van der Waals surface area contributed by atoms with Crippen molar-refractivity contribution in [2.75, 3.05) is 5.32 Å². The van der Waals surface area contributed by atoms with Crippen molar-refractivity contribution in [1.29, 1.82) is 0 Å². The van der Waals surface area contributed by atoms with Crippen LogP contribution in [0.1, 0.15) is 18.1 Å². The molecule has 3 nitrogen and oxygen atoms in total. The Hall–Kier alpha value is -1.81. The Labute approximate surface area is 133 Å². The van der Waals surface area contributed by atoms with Crippen LogP contribution in [0.5, 0.6) is 0 Å². The molecule has 0 bridgehead atoms. The molecule has 2 rings (SSSR count). The van der Waals surface area contributed by atoms with Crippen molar-refractivity contribution in [2.45, 2.75) is 25.8 Å². The lowest BCUT2D eigenvalue weighted by molar-refractivity contribution is -0.141. The predicted molar refractivity (Wildman–Crippen MR) is 88.7 cm³/mol. The number of benzene rings is 2. The minimum atomic E-state index is -1.06. The standard InChI is InChI=1S/C17H18BrNO2/c1-12-8-9-14(18)10-15(12)19-17(2,16(20)21)11-13-6-4-3-5-7-13/h3-10,19H,11H2,1-2H3,(H,20,21). The van der Waals surface area contributed by atoms with Gasteiger partial charge in [0.15, 0.2) is 0 Å². The normalized spacial score (nSPS) is 13.5. The minimum absolute atomic E-state index is 0.412. The molecule has 0 radical (unpaired) electrons. The highest BCUT2D eigenvalue weighted by Crippen LogP contribution is 2.26. The second kappa shape index (κ2) is 6.31. The summed E-state index contributed by atoms with van der Waals surface area (Å²) in [6, 6.07) is 15.4. The summed E-state index contributed by atoms with van der Waals surface area (Å²) in [5, 5.41) is 12.8. The maximum atomic E-state index is 11.8. The van der Waals surface area contributed by atoms with Gasteiger partial charge in [-0.3, -0.25) is 0 Å². The second-order valence-corrected chi connectivity index (χ2v) is 6.30. The number of halogens is 1. The van der Waals surface area contributed by atoms with E-state index >= 15 is 0 Å². The fourth-order valence-corrected chi connectivity index (χ4v) is 2.56. The highest BCUT2D eigenvalue weighted by molar-refractivity contribution is 9.10. The van der Waals surface area contributed by atoms with Gasteiger partial charge in [0.05, 0.1) is 0 Å². The molecule has 0 aliphatic rings. The molecule has 0 aromatic heterocycles. The molecule has 1 unspecified atom stereocenters. The summed E-state index contributed by atoms with van der Waals surface area (Å²) in [6.07, 6.45) is 0.412. The maximum Gasteiger partial charge on any atom is 0.329 e. The molecular weight excluding hydrogens is 330 g/mol. The molecule has 21 heavy (non-hydrogen) atoms. The Morgan fingerprint density at radius 3 is 2.52 bits per heavy atom. The summed E-state index contributed by atoms with van der Waals surface area (Å²) in [4.78, 5) is 11.8. The van der Waals surface area contributed by atoms with Crippen molar-refractivity contribution in [3.8, 4) is 0 Å². The fraction of sp³-hybridized carbons (Fsp3) is 0.235. The number of carboxylic acid groups (broad SMARTS) is 1. The molecule has 0 saturated carbocycles. The molecule has 0 fully saturated rings. The van der Waals surface area contributed by atoms with E-state index in [0.717, 1.165) is 21.3 Å². The maximum absolute atomic E-state index is 11.8. The van der Waals surface area contributed by atoms with Gasteiger partial charge in [0.25, 0.3) is 0 Å². The lowest BCUT2D eigenvalue weighted by Crippen LogP contribution is -2.45. The van der Waals surface area contributed by atoms with E-state index in [9.17, 15) is 9.90 Å². The number of carboxylic acids is 1. The molecule has 110 valence electrons. The molecule has 0 amide bonds. The SMILES string of the molecule is Cc1ccc(Br)cc1NC(C)(Cc1ccccc1)C(=O)O. The van der Waals surface area contributed by atoms with Crippen LogP contribution in [0.3, 0.4) is 0 Å². The van der Waals surface area contributed by atoms with Crippen LogP contribution in [0.4, 0.5) is 5.69 Å². The van der Waals surface area contributed by atoms with E-state index in [-0.39, 0.29) is 0 Å². The summed E-state index contributed by atoms with van der Waals surface area (Å²) in [5.41, 5.74) is 1.76. The van der Waals surface area contributed by atoms with Crippen LogP contribution in [-0.4, -0.2) is 16.6 Å².